The maximum atomic E-state index is 12.9. The van der Waals surface area contributed by atoms with Crippen LogP contribution in [0, 0.1) is 0 Å². The molecule has 9 nitrogen and oxygen atoms in total. The Bertz CT molecular complexity index is 1780. The normalized spacial score (nSPS) is 13.5. The summed E-state index contributed by atoms with van der Waals surface area (Å²) >= 11 is 0. The van der Waals surface area contributed by atoms with Gasteiger partial charge in [0.2, 0.25) is 0 Å². The van der Waals surface area contributed by atoms with Gasteiger partial charge in [0.05, 0.1) is 40.3 Å². The van der Waals surface area contributed by atoms with Gasteiger partial charge in [0.15, 0.2) is 12.4 Å². The van der Waals surface area contributed by atoms with Crippen molar-refractivity contribution in [2.75, 3.05) is 47.5 Å². The van der Waals surface area contributed by atoms with Crippen LogP contribution >= 0.6 is 0 Å². The number of nitrogens with zero attached hydrogens (tertiary/aromatic N) is 1. The maximum absolute atomic E-state index is 12.9. The lowest BCUT2D eigenvalue weighted by molar-refractivity contribution is -0.870. The van der Waals surface area contributed by atoms with Crippen molar-refractivity contribution >= 4 is 17.9 Å². The predicted molar refractivity (Wildman–Crippen MR) is 352 cm³/mol. The Morgan fingerprint density at radius 2 is 0.687 bits per heavy atom. The minimum atomic E-state index is -1.64. The fourth-order valence-electron chi connectivity index (χ4n) is 9.05. The molecule has 0 aliphatic heterocycles. The summed E-state index contributed by atoms with van der Waals surface area (Å²) in [5, 5.41) is 11.8. The van der Waals surface area contributed by atoms with Gasteiger partial charge in [0.25, 0.3) is 0 Å². The van der Waals surface area contributed by atoms with Crippen molar-refractivity contribution in [3.05, 3.63) is 122 Å². The fraction of sp³-hybridized carbons (Fsp3) is 0.689. The van der Waals surface area contributed by atoms with Crippen molar-refractivity contribution in [3.8, 4) is 0 Å². The van der Waals surface area contributed by atoms with Gasteiger partial charge in [0.1, 0.15) is 13.2 Å². The number of hydrogen-bond acceptors (Lipinski definition) is 8. The molecule has 0 amide bonds. The number of carboxylic acid groups (broad SMARTS) is 1. The molecule has 0 N–H and O–H groups in total. The first-order valence-corrected chi connectivity index (χ1v) is 33.7. The Kier molecular flexibility index (Phi) is 60.4. The van der Waals surface area contributed by atoms with Gasteiger partial charge >= 0.3 is 11.9 Å². The molecule has 0 saturated heterocycles. The Morgan fingerprint density at radius 1 is 0.373 bits per heavy atom. The van der Waals surface area contributed by atoms with Crippen LogP contribution in [0.3, 0.4) is 0 Å². The van der Waals surface area contributed by atoms with E-state index in [1.807, 2.05) is 21.1 Å². The van der Waals surface area contributed by atoms with E-state index in [2.05, 4.69) is 135 Å². The lowest BCUT2D eigenvalue weighted by Gasteiger charge is -2.26. The van der Waals surface area contributed by atoms with Crippen LogP contribution in [0.25, 0.3) is 0 Å². The van der Waals surface area contributed by atoms with E-state index in [4.69, 9.17) is 18.9 Å². The number of quaternary nitrogens is 1. The molecule has 2 unspecified atom stereocenters. The lowest BCUT2D eigenvalue weighted by atomic mass is 10.0. The summed E-state index contributed by atoms with van der Waals surface area (Å²) in [6.07, 6.45) is 87.1. The van der Waals surface area contributed by atoms with Crippen LogP contribution in [-0.2, 0) is 33.3 Å². The zero-order valence-corrected chi connectivity index (χ0v) is 54.0. The third-order valence-corrected chi connectivity index (χ3v) is 14.2. The summed E-state index contributed by atoms with van der Waals surface area (Å²) in [7, 11) is 5.91. The van der Waals surface area contributed by atoms with Gasteiger partial charge in [0, 0.05) is 12.8 Å². The van der Waals surface area contributed by atoms with Gasteiger partial charge in [-0.25, -0.2) is 0 Å². The molecule has 0 rings (SSSR count). The van der Waals surface area contributed by atoms with E-state index in [1.54, 1.807) is 0 Å². The standard InChI is InChI=1S/C74H125NO8/c1-6-8-10-12-14-16-18-20-22-24-26-28-30-32-34-35-36-37-39-40-42-44-46-48-50-52-54-56-58-60-62-64-71(76)81-68-70(69-82-74(73(78)79)80-67-66-75(3,4)5)83-72(77)65-63-61-59-57-55-53-51-49-47-45-43-41-38-33-31-29-27-25-23-21-19-17-15-13-11-9-7-2/h9,11,15,17-18,20-21,23-24,26-27,29,33,38,43,45,49,51,55,57,70,74H,6-8,10,12-14,16,19,22,25,28,30-32,34-37,39-42,44,46-48,50,52-54,56,58-69H2,1-5H3/b11-9-,17-15-,20-18-,23-21-,26-24-,29-27-,38-33-,45-43-,51-49-,57-55-. The second kappa shape index (κ2) is 63.7. The highest BCUT2D eigenvalue weighted by Gasteiger charge is 2.22. The van der Waals surface area contributed by atoms with Crippen molar-refractivity contribution in [2.45, 2.75) is 283 Å². The van der Waals surface area contributed by atoms with Crippen LogP contribution in [0.15, 0.2) is 122 Å². The third-order valence-electron chi connectivity index (χ3n) is 14.2. The van der Waals surface area contributed by atoms with Gasteiger partial charge in [-0.05, 0) is 109 Å². The number of carboxylic acids is 1. The molecule has 9 heteroatoms. The number of allylic oxidation sites excluding steroid dienone is 20. The summed E-state index contributed by atoms with van der Waals surface area (Å²) < 4.78 is 22.7. The average Bonchev–Trinajstić information content (AvgIpc) is 3.46. The highest BCUT2D eigenvalue weighted by molar-refractivity contribution is 5.70. The molecule has 0 aromatic rings. The molecule has 0 heterocycles. The van der Waals surface area contributed by atoms with Crippen molar-refractivity contribution in [1.82, 2.24) is 0 Å². The van der Waals surface area contributed by atoms with Crippen LogP contribution < -0.4 is 5.11 Å². The number of likely N-dealkylation sites (N-methyl/N-ethyl adjacent to an activating group) is 1. The smallest absolute Gasteiger partial charge is 0.306 e. The zero-order chi connectivity index (χ0) is 60.5. The van der Waals surface area contributed by atoms with Gasteiger partial charge in [-0.1, -0.05) is 270 Å². The molecule has 0 saturated carbocycles. The molecule has 0 aliphatic carbocycles. The molecular weight excluding hydrogens is 1030 g/mol. The third kappa shape index (κ3) is 65.1. The van der Waals surface area contributed by atoms with Crippen molar-refractivity contribution < 1.29 is 42.9 Å². The number of rotatable bonds is 61. The lowest BCUT2D eigenvalue weighted by Crippen LogP contribution is -2.44. The van der Waals surface area contributed by atoms with Crippen LogP contribution in [0.1, 0.15) is 271 Å². The van der Waals surface area contributed by atoms with Gasteiger partial charge in [-0.15, -0.1) is 0 Å². The first-order valence-electron chi connectivity index (χ1n) is 33.7. The number of unbranched alkanes of at least 4 members (excludes halogenated alkanes) is 26. The Balaban J connectivity index is 4.22. The quantitative estimate of drug-likeness (QED) is 0.0195. The maximum Gasteiger partial charge on any atom is 0.306 e. The number of aliphatic carboxylic acids is 1. The molecule has 474 valence electrons. The number of esters is 2. The van der Waals surface area contributed by atoms with Gasteiger partial charge in [-0.2, -0.15) is 0 Å². The summed E-state index contributed by atoms with van der Waals surface area (Å²) in [5.74, 6) is -2.35. The first-order chi connectivity index (χ1) is 40.6. The predicted octanol–water partition coefficient (Wildman–Crippen LogP) is 19.5. The highest BCUT2D eigenvalue weighted by Crippen LogP contribution is 2.16. The molecule has 0 spiro atoms. The molecular formula is C74H125NO8. The molecule has 83 heavy (non-hydrogen) atoms. The van der Waals surface area contributed by atoms with E-state index in [0.29, 0.717) is 17.4 Å². The van der Waals surface area contributed by atoms with E-state index >= 15 is 0 Å². The largest absolute Gasteiger partial charge is 0.545 e. The van der Waals surface area contributed by atoms with Crippen molar-refractivity contribution in [2.24, 2.45) is 0 Å². The minimum absolute atomic E-state index is 0.133. The average molecular weight is 1160 g/mol. The number of hydrogen-bond donors (Lipinski definition) is 0. The van der Waals surface area contributed by atoms with Gasteiger partial charge in [-0.3, -0.25) is 9.59 Å². The molecule has 0 fully saturated rings. The van der Waals surface area contributed by atoms with E-state index in [-0.39, 0.29) is 38.6 Å². The summed E-state index contributed by atoms with van der Waals surface area (Å²) in [6, 6.07) is 0. The van der Waals surface area contributed by atoms with Crippen molar-refractivity contribution in [3.63, 3.8) is 0 Å². The monoisotopic (exact) mass is 1160 g/mol. The van der Waals surface area contributed by atoms with Crippen molar-refractivity contribution in [1.29, 1.82) is 0 Å². The molecule has 0 aromatic carbocycles. The fourth-order valence-corrected chi connectivity index (χ4v) is 9.05. The second-order valence-electron chi connectivity index (χ2n) is 23.4. The van der Waals surface area contributed by atoms with Crippen LogP contribution in [0.5, 0.6) is 0 Å². The summed E-state index contributed by atoms with van der Waals surface area (Å²) in [5.41, 5.74) is 0. The van der Waals surface area contributed by atoms with E-state index in [0.717, 1.165) is 89.9 Å². The van der Waals surface area contributed by atoms with E-state index in [9.17, 15) is 19.5 Å². The molecule has 0 aliphatic rings. The number of carbonyl (C=O) groups is 3. The molecule has 2 atom stereocenters. The molecule has 0 bridgehead atoms. The Hall–Kier alpha value is -4.31. The summed E-state index contributed by atoms with van der Waals surface area (Å²) in [4.78, 5) is 37.4. The van der Waals surface area contributed by atoms with E-state index < -0.39 is 24.3 Å². The van der Waals surface area contributed by atoms with Gasteiger partial charge < -0.3 is 33.3 Å². The van der Waals surface area contributed by atoms with Crippen LogP contribution in [0.2, 0.25) is 0 Å². The topological polar surface area (TPSA) is 111 Å². The Labute approximate surface area is 510 Å². The first kappa shape index (κ1) is 78.7. The van der Waals surface area contributed by atoms with Crippen LogP contribution in [0.4, 0.5) is 0 Å². The molecule has 0 aromatic heterocycles. The number of carbonyl (C=O) groups excluding carboxylic acids is 3. The minimum Gasteiger partial charge on any atom is -0.545 e. The second-order valence-corrected chi connectivity index (χ2v) is 23.4. The Morgan fingerprint density at radius 3 is 1.05 bits per heavy atom. The van der Waals surface area contributed by atoms with E-state index in [1.165, 1.54) is 148 Å². The zero-order valence-electron chi connectivity index (χ0n) is 54.0. The van der Waals surface area contributed by atoms with Crippen LogP contribution in [-0.4, -0.2) is 82.3 Å². The highest BCUT2D eigenvalue weighted by atomic mass is 16.7. The summed E-state index contributed by atoms with van der Waals surface area (Å²) in [6.45, 7) is 4.58. The SMILES string of the molecule is CC/C=C\C/C=C\C/C=C\C/C=C\C/C=C\C/C=C\C/C=C\C/C=C\CCCCC(=O)OC(COC(=O)CCCCCCCCCCCCCCCCCCCCC/C=C\C/C=C\CCCCCCC)COC(OCC[N+](C)(C)C)C(=O)[O-]. The number of ether oxygens (including phenoxy) is 4. The molecule has 0 radical (unpaired) electrons.